The van der Waals surface area contributed by atoms with E-state index in [1.54, 1.807) is 31.2 Å². The van der Waals surface area contributed by atoms with E-state index < -0.39 is 16.1 Å². The lowest BCUT2D eigenvalue weighted by Crippen LogP contribution is -2.22. The van der Waals surface area contributed by atoms with Gasteiger partial charge >= 0.3 is 5.97 Å². The van der Waals surface area contributed by atoms with Gasteiger partial charge in [0.05, 0.1) is 4.90 Å². The molecule has 0 saturated carbocycles. The summed E-state index contributed by atoms with van der Waals surface area (Å²) in [6.45, 7) is 3.40. The van der Waals surface area contributed by atoms with Gasteiger partial charge in [0.1, 0.15) is 5.84 Å². The Kier molecular flexibility index (Phi) is 6.30. The number of Topliss-reactive ketones (excluding diaryl/α,β-unsaturated/α-hetero) is 1. The molecule has 8 heteroatoms. The van der Waals surface area contributed by atoms with E-state index in [0.717, 1.165) is 12.8 Å². The average Bonchev–Trinajstić information content (AvgIpc) is 2.82. The molecule has 0 spiro atoms. The van der Waals surface area contributed by atoms with Crippen molar-refractivity contribution in [3.05, 3.63) is 29.8 Å². The van der Waals surface area contributed by atoms with Crippen molar-refractivity contribution in [3.63, 3.8) is 0 Å². The zero-order valence-corrected chi connectivity index (χ0v) is 15.1. The standard InChI is InChI=1S/C17H22N2O5S/c1-12(20)13(2)24-16(21)10-4-3-7-11-18-17-14-8-5-6-9-15(14)25(22,23)19-17/h5-6,8-9,13H,3-4,7,10-11H2,1-2H3,(H,18,19). The lowest BCUT2D eigenvalue weighted by molar-refractivity contribution is -0.153. The molecule has 7 nitrogen and oxygen atoms in total. The summed E-state index contributed by atoms with van der Waals surface area (Å²) in [5.74, 6) is -0.194. The molecule has 1 N–H and O–H groups in total. The van der Waals surface area contributed by atoms with Gasteiger partial charge in [-0.1, -0.05) is 18.6 Å². The van der Waals surface area contributed by atoms with E-state index in [1.807, 2.05) is 0 Å². The number of hydrogen-bond donors (Lipinski definition) is 1. The second-order valence-electron chi connectivity index (χ2n) is 5.89. The van der Waals surface area contributed by atoms with Gasteiger partial charge in [-0.15, -0.1) is 0 Å². The number of fused-ring (bicyclic) bond motifs is 1. The maximum Gasteiger partial charge on any atom is 0.306 e. The predicted octanol–water partition coefficient (Wildman–Crippen LogP) is 1.81. The maximum atomic E-state index is 11.9. The number of nitrogens with zero attached hydrogens (tertiary/aromatic N) is 1. The second-order valence-corrected chi connectivity index (χ2v) is 7.54. The van der Waals surface area contributed by atoms with Gasteiger partial charge in [0.25, 0.3) is 10.0 Å². The molecule has 1 heterocycles. The normalized spacial score (nSPS) is 17.6. The molecule has 1 unspecified atom stereocenters. The van der Waals surface area contributed by atoms with Crippen LogP contribution in [-0.2, 0) is 24.3 Å². The van der Waals surface area contributed by atoms with E-state index in [0.29, 0.717) is 24.4 Å². The molecule has 1 aromatic carbocycles. The molecular weight excluding hydrogens is 344 g/mol. The van der Waals surface area contributed by atoms with Gasteiger partial charge in [0.2, 0.25) is 0 Å². The number of carbonyl (C=O) groups is 2. The summed E-state index contributed by atoms with van der Waals surface area (Å²) in [5, 5.41) is 0. The molecule has 0 radical (unpaired) electrons. The molecule has 0 fully saturated rings. The highest BCUT2D eigenvalue weighted by Gasteiger charge is 2.29. The van der Waals surface area contributed by atoms with Crippen molar-refractivity contribution in [2.24, 2.45) is 4.99 Å². The molecule has 0 aromatic heterocycles. The van der Waals surface area contributed by atoms with Gasteiger partial charge in [0, 0.05) is 18.5 Å². The van der Waals surface area contributed by atoms with Crippen LogP contribution in [0.3, 0.4) is 0 Å². The molecule has 1 aliphatic heterocycles. The first kappa shape index (κ1) is 19.1. The lowest BCUT2D eigenvalue weighted by Gasteiger charge is -2.09. The maximum absolute atomic E-state index is 11.9. The topological polar surface area (TPSA) is 102 Å². The Balaban J connectivity index is 1.74. The summed E-state index contributed by atoms with van der Waals surface area (Å²) in [6, 6.07) is 6.71. The fourth-order valence-electron chi connectivity index (χ4n) is 2.34. The van der Waals surface area contributed by atoms with Gasteiger partial charge in [-0.2, -0.15) is 0 Å². The molecule has 136 valence electrons. The quantitative estimate of drug-likeness (QED) is 0.558. The Morgan fingerprint density at radius 3 is 2.64 bits per heavy atom. The molecule has 1 aromatic rings. The summed E-state index contributed by atoms with van der Waals surface area (Å²) in [4.78, 5) is 27.1. The second kappa shape index (κ2) is 8.24. The molecule has 25 heavy (non-hydrogen) atoms. The van der Waals surface area contributed by atoms with Crippen LogP contribution in [0.2, 0.25) is 0 Å². The van der Waals surface area contributed by atoms with E-state index in [9.17, 15) is 18.0 Å². The molecule has 1 aliphatic rings. The summed E-state index contributed by atoms with van der Waals surface area (Å²) in [6.07, 6.45) is 1.67. The number of hydrogen-bond acceptors (Lipinski definition) is 6. The van der Waals surface area contributed by atoms with Crippen molar-refractivity contribution < 1.29 is 22.7 Å². The molecule has 0 bridgehead atoms. The van der Waals surface area contributed by atoms with Crippen LogP contribution in [0.4, 0.5) is 0 Å². The van der Waals surface area contributed by atoms with Crippen LogP contribution < -0.4 is 4.72 Å². The molecule has 0 saturated heterocycles. The third-order valence-electron chi connectivity index (χ3n) is 3.85. The minimum absolute atomic E-state index is 0.177. The summed E-state index contributed by atoms with van der Waals surface area (Å²) >= 11 is 0. The highest BCUT2D eigenvalue weighted by atomic mass is 32.2. The smallest absolute Gasteiger partial charge is 0.306 e. The van der Waals surface area contributed by atoms with E-state index in [2.05, 4.69) is 9.71 Å². The van der Waals surface area contributed by atoms with Gasteiger partial charge in [-0.3, -0.25) is 19.3 Å². The number of carbonyl (C=O) groups excluding carboxylic acids is 2. The molecule has 2 rings (SSSR count). The van der Waals surface area contributed by atoms with Crippen molar-refractivity contribution >= 4 is 27.6 Å². The molecule has 0 aliphatic carbocycles. The van der Waals surface area contributed by atoms with Crippen molar-refractivity contribution in [3.8, 4) is 0 Å². The number of nitrogens with one attached hydrogen (secondary N) is 1. The predicted molar refractivity (Wildman–Crippen MR) is 92.9 cm³/mol. The minimum atomic E-state index is -3.50. The van der Waals surface area contributed by atoms with Gasteiger partial charge in [-0.05, 0) is 38.8 Å². The largest absolute Gasteiger partial charge is 0.455 e. The first-order valence-electron chi connectivity index (χ1n) is 8.18. The average molecular weight is 366 g/mol. The van der Waals surface area contributed by atoms with Crippen molar-refractivity contribution in [2.75, 3.05) is 6.54 Å². The van der Waals surface area contributed by atoms with Crippen LogP contribution in [0, 0.1) is 0 Å². The number of esters is 1. The zero-order chi connectivity index (χ0) is 18.4. The summed E-state index contributed by atoms with van der Waals surface area (Å²) < 4.78 is 31.3. The first-order valence-corrected chi connectivity index (χ1v) is 9.66. The molecular formula is C17H22N2O5S. The van der Waals surface area contributed by atoms with E-state index in [1.165, 1.54) is 6.92 Å². The van der Waals surface area contributed by atoms with E-state index in [4.69, 9.17) is 4.74 Å². The summed E-state index contributed by atoms with van der Waals surface area (Å²) in [5.41, 5.74) is 0.587. The lowest BCUT2D eigenvalue weighted by atomic mass is 10.2. The van der Waals surface area contributed by atoms with Crippen molar-refractivity contribution in [1.29, 1.82) is 0 Å². The third kappa shape index (κ3) is 5.12. The van der Waals surface area contributed by atoms with E-state index >= 15 is 0 Å². The Morgan fingerprint density at radius 2 is 1.92 bits per heavy atom. The fourth-order valence-corrected chi connectivity index (χ4v) is 3.59. The number of rotatable bonds is 8. The Labute approximate surface area is 147 Å². The number of ether oxygens (including phenoxy) is 1. The number of unbranched alkanes of at least 4 members (excludes halogenated alkanes) is 2. The van der Waals surface area contributed by atoms with E-state index in [-0.39, 0.29) is 23.1 Å². The first-order chi connectivity index (χ1) is 11.8. The van der Waals surface area contributed by atoms with Crippen molar-refractivity contribution in [2.45, 2.75) is 50.5 Å². The number of sulfonamides is 1. The number of benzene rings is 1. The molecule has 0 amide bonds. The number of aliphatic imine (C=N–C) groups is 1. The third-order valence-corrected chi connectivity index (χ3v) is 5.25. The number of ketones is 1. The van der Waals surface area contributed by atoms with Crippen molar-refractivity contribution in [1.82, 2.24) is 4.72 Å². The summed E-state index contributed by atoms with van der Waals surface area (Å²) in [7, 11) is -3.50. The SMILES string of the molecule is CC(=O)C(C)OC(=O)CCCCCN=C1NS(=O)(=O)c2ccccc21. The fraction of sp³-hybridized carbons (Fsp3) is 0.471. The van der Waals surface area contributed by atoms with Gasteiger partial charge in [0.15, 0.2) is 11.9 Å². The van der Waals surface area contributed by atoms with Crippen LogP contribution in [0.1, 0.15) is 45.1 Å². The van der Waals surface area contributed by atoms with Crippen LogP contribution >= 0.6 is 0 Å². The number of amidine groups is 1. The van der Waals surface area contributed by atoms with Crippen LogP contribution in [0.5, 0.6) is 0 Å². The highest BCUT2D eigenvalue weighted by molar-refractivity contribution is 7.90. The Morgan fingerprint density at radius 1 is 1.20 bits per heavy atom. The monoisotopic (exact) mass is 366 g/mol. The Hall–Kier alpha value is -2.22. The van der Waals surface area contributed by atoms with Gasteiger partial charge in [-0.25, -0.2) is 8.42 Å². The van der Waals surface area contributed by atoms with Crippen LogP contribution in [-0.4, -0.2) is 38.7 Å². The van der Waals surface area contributed by atoms with Crippen LogP contribution in [0.25, 0.3) is 0 Å². The van der Waals surface area contributed by atoms with Gasteiger partial charge < -0.3 is 4.74 Å². The van der Waals surface area contributed by atoms with Crippen LogP contribution in [0.15, 0.2) is 34.2 Å². The highest BCUT2D eigenvalue weighted by Crippen LogP contribution is 2.22. The molecule has 1 atom stereocenters. The zero-order valence-electron chi connectivity index (χ0n) is 14.3. The minimum Gasteiger partial charge on any atom is -0.455 e. The Bertz CT molecular complexity index is 786.